The summed E-state index contributed by atoms with van der Waals surface area (Å²) in [5, 5.41) is 0. The van der Waals surface area contributed by atoms with E-state index in [1.807, 2.05) is 0 Å². The second-order valence-corrected chi connectivity index (χ2v) is 0. The van der Waals surface area contributed by atoms with Gasteiger partial charge in [0.1, 0.15) is 0 Å². The predicted molar refractivity (Wildman–Crippen MR) is 0 cm³/mol. The molecule has 0 saturated carbocycles. The summed E-state index contributed by atoms with van der Waals surface area (Å²) >= 11 is 0. The van der Waals surface area contributed by atoms with E-state index >= 15 is 0 Å². The Hall–Kier alpha value is 2.39. The van der Waals surface area contributed by atoms with Crippen molar-refractivity contribution < 1.29 is 75.7 Å². The van der Waals surface area contributed by atoms with Crippen LogP contribution in [-0.2, 0) is 75.7 Å². The number of hydrogen-bond acceptors (Lipinski definition) is 0. The fourth-order valence-electron chi connectivity index (χ4n) is 0. The molecule has 0 fully saturated rings. The maximum Gasteiger partial charge on any atom is 0 e. The molecule has 0 unspecified atom stereocenters. The first-order valence-electron chi connectivity index (χ1n) is 0. The van der Waals surface area contributed by atoms with Gasteiger partial charge in [0.25, 0.3) is 0 Å². The average molecular weight is 413 g/mol. The van der Waals surface area contributed by atoms with Crippen LogP contribution in [0.3, 0.4) is 0 Å². The molecule has 0 heterocycles. The van der Waals surface area contributed by atoms with E-state index in [-0.39, 0.29) is 75.7 Å². The van der Waals surface area contributed by atoms with Gasteiger partial charge in [-0.05, 0) is 0 Å². The molecule has 4 heavy (non-hydrogen) atoms. The Labute approximate surface area is 74.8 Å². The van der Waals surface area contributed by atoms with Gasteiger partial charge in [-0.15, -0.1) is 0 Å². The number of hydrogen-bond donors (Lipinski definition) is 0. The van der Waals surface area contributed by atoms with Gasteiger partial charge in [0.2, 0.25) is 0 Å². The first-order valence-corrected chi connectivity index (χ1v) is 0. The zero-order valence-electron chi connectivity index (χ0n) is 1.34. The Morgan fingerprint density at radius 1 is 1.00 bits per heavy atom. The van der Waals surface area contributed by atoms with Crippen molar-refractivity contribution in [1.29, 1.82) is 0 Å². The molecule has 0 nitrogen and oxygen atoms in total. The zero-order valence-corrected chi connectivity index (χ0v) is 7.39. The van der Waals surface area contributed by atoms with Crippen LogP contribution in [0.15, 0.2) is 0 Å². The summed E-state index contributed by atoms with van der Waals surface area (Å²) < 4.78 is 0. The van der Waals surface area contributed by atoms with Crippen LogP contribution in [0.1, 0.15) is 0 Å². The molecule has 2 radical (unpaired) electrons. The van der Waals surface area contributed by atoms with E-state index in [2.05, 4.69) is 0 Å². The molecule has 0 aliphatic rings. The van der Waals surface area contributed by atoms with Crippen LogP contribution in [0.25, 0.3) is 0 Å². The van der Waals surface area contributed by atoms with Crippen molar-refractivity contribution in [3.63, 3.8) is 0 Å². The quantitative estimate of drug-likeness (QED) is 0.491. The van der Waals surface area contributed by atoms with Gasteiger partial charge in [-0.3, -0.25) is 0 Å². The first kappa shape index (κ1) is 32.5. The van der Waals surface area contributed by atoms with E-state index in [9.17, 15) is 0 Å². The summed E-state index contributed by atoms with van der Waals surface area (Å²) in [6.45, 7) is 0. The molecule has 4 heteroatoms. The summed E-state index contributed by atoms with van der Waals surface area (Å²) in [5.41, 5.74) is 0. The van der Waals surface area contributed by atoms with E-state index in [0.717, 1.165) is 0 Å². The van der Waals surface area contributed by atoms with E-state index in [4.69, 9.17) is 0 Å². The van der Waals surface area contributed by atoms with Crippen LogP contribution in [0.4, 0.5) is 0 Å². The van der Waals surface area contributed by atoms with Gasteiger partial charge >= 0.3 is 0 Å². The Morgan fingerprint density at radius 3 is 1.00 bits per heavy atom. The molecule has 0 aromatic rings. The second-order valence-electron chi connectivity index (χ2n) is 0. The smallest absolute Gasteiger partial charge is 0 e. The summed E-state index contributed by atoms with van der Waals surface area (Å²) in [5.74, 6) is 0. The number of rotatable bonds is 0. The molecule has 0 spiro atoms. The van der Waals surface area contributed by atoms with Gasteiger partial charge in [0, 0.05) is 75.7 Å². The monoisotopic (exact) mass is 414 g/mol. The third-order valence-corrected chi connectivity index (χ3v) is 0. The van der Waals surface area contributed by atoms with Gasteiger partial charge in [-0.25, -0.2) is 0 Å². The summed E-state index contributed by atoms with van der Waals surface area (Å²) in [4.78, 5) is 0. The van der Waals surface area contributed by atoms with Crippen LogP contribution in [-0.4, -0.2) is 0 Å². The fourth-order valence-corrected chi connectivity index (χ4v) is 0. The van der Waals surface area contributed by atoms with Crippen LogP contribution in [0.2, 0.25) is 0 Å². The van der Waals surface area contributed by atoms with E-state index in [0.29, 0.717) is 0 Å². The molecule has 0 bridgehead atoms. The molecule has 0 amide bonds. The Bertz CT molecular complexity index is 8.00. The Morgan fingerprint density at radius 2 is 1.00 bits per heavy atom. The predicted octanol–water partition coefficient (Wildman–Crippen LogP) is -0.0100. The second kappa shape index (κ2) is 18.2. The van der Waals surface area contributed by atoms with Crippen molar-refractivity contribution in [3.05, 3.63) is 0 Å². The van der Waals surface area contributed by atoms with Gasteiger partial charge < -0.3 is 0 Å². The van der Waals surface area contributed by atoms with E-state index in [1.165, 1.54) is 0 Å². The van der Waals surface area contributed by atoms with E-state index < -0.39 is 0 Å². The minimum Gasteiger partial charge on any atom is 0 e. The van der Waals surface area contributed by atoms with Crippen LogP contribution < -0.4 is 0 Å². The normalized spacial score (nSPS) is 0. The van der Waals surface area contributed by atoms with Crippen LogP contribution in [0.5, 0.6) is 0 Å². The standard InChI is InChI=1S/Au.Co.Fe.Ru. The topological polar surface area (TPSA) is 0 Å². The molecule has 0 saturated heterocycles. The zero-order chi connectivity index (χ0) is 0. The largest absolute Gasteiger partial charge is 0 e. The van der Waals surface area contributed by atoms with E-state index in [1.54, 1.807) is 0 Å². The van der Waals surface area contributed by atoms with Gasteiger partial charge in [0.05, 0.1) is 0 Å². The molecule has 36 valence electrons. The molecule has 0 aliphatic carbocycles. The molecular weight excluding hydrogens is 413 g/mol. The Balaban J connectivity index is 0. The van der Waals surface area contributed by atoms with Crippen molar-refractivity contribution in [2.45, 2.75) is 0 Å². The summed E-state index contributed by atoms with van der Waals surface area (Å²) in [7, 11) is 0. The maximum absolute atomic E-state index is 0. The van der Waals surface area contributed by atoms with Gasteiger partial charge in [0.15, 0.2) is 0 Å². The van der Waals surface area contributed by atoms with Crippen molar-refractivity contribution in [2.75, 3.05) is 0 Å². The molecular formula is AuCoFeRu. The molecule has 0 aromatic carbocycles. The van der Waals surface area contributed by atoms with Crippen molar-refractivity contribution in [1.82, 2.24) is 0 Å². The van der Waals surface area contributed by atoms with Gasteiger partial charge in [-0.1, -0.05) is 0 Å². The minimum absolute atomic E-state index is 0. The molecule has 0 aromatic heterocycles. The Kier molecular flexibility index (Phi) is 148. The minimum atomic E-state index is 0. The summed E-state index contributed by atoms with van der Waals surface area (Å²) in [6, 6.07) is 0. The fraction of sp³-hybridized carbons (Fsp3) is 0. The first-order chi connectivity index (χ1) is 0. The van der Waals surface area contributed by atoms with Crippen LogP contribution >= 0.6 is 0 Å². The molecule has 0 N–H and O–H groups in total. The molecule has 0 atom stereocenters. The SMILES string of the molecule is [Au].[Co].[Fe].[Ru]. The van der Waals surface area contributed by atoms with Crippen molar-refractivity contribution >= 4 is 0 Å². The van der Waals surface area contributed by atoms with Crippen molar-refractivity contribution in [3.8, 4) is 0 Å². The molecule has 0 aliphatic heterocycles. The molecule has 0 rings (SSSR count). The van der Waals surface area contributed by atoms with Crippen molar-refractivity contribution in [2.24, 2.45) is 0 Å². The maximum atomic E-state index is 0. The van der Waals surface area contributed by atoms with Crippen LogP contribution in [0, 0.1) is 0 Å². The third-order valence-electron chi connectivity index (χ3n) is 0. The summed E-state index contributed by atoms with van der Waals surface area (Å²) in [6.07, 6.45) is 0. The average Bonchev–Trinajstić information content (AvgIpc) is 0. The van der Waals surface area contributed by atoms with Gasteiger partial charge in [-0.2, -0.15) is 0 Å². The third kappa shape index (κ3) is 8.83.